The number of benzene rings is 1. The fourth-order valence-corrected chi connectivity index (χ4v) is 3.57. The van der Waals surface area contributed by atoms with Crippen molar-refractivity contribution in [2.24, 2.45) is 0 Å². The van der Waals surface area contributed by atoms with Crippen molar-refractivity contribution >= 4 is 5.95 Å². The molecule has 4 aromatic rings. The van der Waals surface area contributed by atoms with Crippen molar-refractivity contribution in [3.8, 4) is 28.4 Å². The number of ether oxygens (including phenoxy) is 1. The van der Waals surface area contributed by atoms with Gasteiger partial charge >= 0.3 is 0 Å². The predicted molar refractivity (Wildman–Crippen MR) is 114 cm³/mol. The number of rotatable bonds is 4. The average molecular weight is 415 g/mol. The minimum atomic E-state index is -1.02. The van der Waals surface area contributed by atoms with E-state index in [9.17, 15) is 5.11 Å². The summed E-state index contributed by atoms with van der Waals surface area (Å²) < 4.78 is 7.56. The highest BCUT2D eigenvalue weighted by atomic mass is 16.5. The molecular formula is C22H21N7O2. The van der Waals surface area contributed by atoms with E-state index in [4.69, 9.17) is 10.5 Å². The maximum atomic E-state index is 10.2. The fraction of sp³-hybridized carbons (Fsp3) is 0.227. The number of nitrogens with zero attached hydrogens (tertiary/aromatic N) is 6. The zero-order valence-electron chi connectivity index (χ0n) is 17.1. The van der Waals surface area contributed by atoms with Crippen molar-refractivity contribution in [2.75, 3.05) is 5.73 Å². The molecule has 4 heterocycles. The minimum absolute atomic E-state index is 0.166. The highest BCUT2D eigenvalue weighted by molar-refractivity contribution is 5.78. The second-order valence-electron chi connectivity index (χ2n) is 7.92. The second-order valence-corrected chi connectivity index (χ2v) is 7.92. The second kappa shape index (κ2) is 7.13. The molecule has 0 saturated heterocycles. The van der Waals surface area contributed by atoms with Crippen molar-refractivity contribution in [3.05, 3.63) is 65.6 Å². The van der Waals surface area contributed by atoms with E-state index in [-0.39, 0.29) is 5.95 Å². The Balaban J connectivity index is 1.50. The van der Waals surface area contributed by atoms with E-state index in [2.05, 4.69) is 25.3 Å². The summed E-state index contributed by atoms with van der Waals surface area (Å²) in [6.07, 6.45) is 1.79. The van der Waals surface area contributed by atoms with Crippen LogP contribution in [-0.4, -0.2) is 35.1 Å². The molecule has 0 unspecified atom stereocenters. The van der Waals surface area contributed by atoms with Crippen LogP contribution in [0.15, 0.2) is 48.7 Å². The average Bonchev–Trinajstić information content (AvgIpc) is 3.21. The summed E-state index contributed by atoms with van der Waals surface area (Å²) >= 11 is 0. The number of hydrogen-bond donors (Lipinski definition) is 2. The molecule has 5 rings (SSSR count). The molecule has 31 heavy (non-hydrogen) atoms. The van der Waals surface area contributed by atoms with Gasteiger partial charge in [-0.25, -0.2) is 14.6 Å². The van der Waals surface area contributed by atoms with Gasteiger partial charge in [0.2, 0.25) is 5.95 Å². The van der Waals surface area contributed by atoms with Gasteiger partial charge in [-0.3, -0.25) is 4.98 Å². The molecule has 0 saturated carbocycles. The Hall–Kier alpha value is -3.85. The molecule has 0 aliphatic carbocycles. The van der Waals surface area contributed by atoms with Crippen LogP contribution in [0.4, 0.5) is 5.95 Å². The molecule has 1 aliphatic rings. The predicted octanol–water partition coefficient (Wildman–Crippen LogP) is 2.55. The van der Waals surface area contributed by atoms with Crippen molar-refractivity contribution in [3.63, 3.8) is 0 Å². The van der Waals surface area contributed by atoms with Crippen molar-refractivity contribution in [1.82, 2.24) is 29.9 Å². The van der Waals surface area contributed by atoms with Gasteiger partial charge in [-0.15, -0.1) is 5.10 Å². The number of anilines is 1. The summed E-state index contributed by atoms with van der Waals surface area (Å²) in [6, 6.07) is 13.2. The summed E-state index contributed by atoms with van der Waals surface area (Å²) in [7, 11) is 0. The summed E-state index contributed by atoms with van der Waals surface area (Å²) in [4.78, 5) is 13.4. The topological polar surface area (TPSA) is 125 Å². The van der Waals surface area contributed by atoms with Gasteiger partial charge in [0, 0.05) is 11.1 Å². The third kappa shape index (κ3) is 3.59. The van der Waals surface area contributed by atoms with Gasteiger partial charge in [-0.2, -0.15) is 0 Å². The smallest absolute Gasteiger partial charge is 0.221 e. The number of nitrogens with two attached hydrogens (primary N) is 1. The van der Waals surface area contributed by atoms with Crippen LogP contribution in [0, 0.1) is 0 Å². The highest BCUT2D eigenvalue weighted by Crippen LogP contribution is 2.39. The number of aliphatic hydroxyl groups is 1. The normalized spacial score (nSPS) is 12.7. The Morgan fingerprint density at radius 3 is 2.71 bits per heavy atom. The van der Waals surface area contributed by atoms with E-state index in [0.717, 1.165) is 28.3 Å². The summed E-state index contributed by atoms with van der Waals surface area (Å²) in [6.45, 7) is 4.13. The number of pyridine rings is 1. The first-order chi connectivity index (χ1) is 14.9. The van der Waals surface area contributed by atoms with E-state index in [0.29, 0.717) is 30.2 Å². The molecule has 0 spiro atoms. The first kappa shape index (κ1) is 19.1. The Morgan fingerprint density at radius 1 is 1.06 bits per heavy atom. The Morgan fingerprint density at radius 2 is 1.87 bits per heavy atom. The van der Waals surface area contributed by atoms with Crippen LogP contribution in [0.3, 0.4) is 0 Å². The number of para-hydroxylation sites is 1. The van der Waals surface area contributed by atoms with Crippen LogP contribution < -0.4 is 10.5 Å². The first-order valence-corrected chi connectivity index (χ1v) is 9.86. The number of nitrogen functional groups attached to an aromatic ring is 1. The molecule has 9 nitrogen and oxygen atoms in total. The van der Waals surface area contributed by atoms with Crippen LogP contribution in [0.2, 0.25) is 0 Å². The number of aromatic nitrogens is 6. The molecule has 0 bridgehead atoms. The lowest BCUT2D eigenvalue weighted by Crippen LogP contribution is -2.18. The van der Waals surface area contributed by atoms with E-state index < -0.39 is 5.60 Å². The van der Waals surface area contributed by atoms with E-state index in [1.54, 1.807) is 30.8 Å². The summed E-state index contributed by atoms with van der Waals surface area (Å²) in [5.41, 5.74) is 9.97. The van der Waals surface area contributed by atoms with E-state index in [1.165, 1.54) is 0 Å². The molecule has 9 heteroatoms. The molecule has 156 valence electrons. The first-order valence-electron chi connectivity index (χ1n) is 9.86. The zero-order chi connectivity index (χ0) is 21.6. The zero-order valence-corrected chi connectivity index (χ0v) is 17.1. The molecular weight excluding hydrogens is 394 g/mol. The molecule has 1 aromatic carbocycles. The maximum absolute atomic E-state index is 10.2. The Kier molecular flexibility index (Phi) is 4.40. The largest absolute Gasteiger partial charge is 0.488 e. The van der Waals surface area contributed by atoms with Crippen LogP contribution in [0.5, 0.6) is 5.75 Å². The SMILES string of the molecule is CC(C)(O)c1cccc(Cn2cc(-c3nc(N)nc4c3COc3ccccc3-4)nn2)n1. The van der Waals surface area contributed by atoms with Gasteiger partial charge in [0.05, 0.1) is 29.8 Å². The van der Waals surface area contributed by atoms with Gasteiger partial charge in [0.25, 0.3) is 0 Å². The fourth-order valence-electron chi connectivity index (χ4n) is 3.57. The monoisotopic (exact) mass is 415 g/mol. The Bertz CT molecular complexity index is 1280. The van der Waals surface area contributed by atoms with Gasteiger partial charge in [0.1, 0.15) is 29.3 Å². The van der Waals surface area contributed by atoms with E-state index >= 15 is 0 Å². The third-order valence-electron chi connectivity index (χ3n) is 5.08. The van der Waals surface area contributed by atoms with Crippen molar-refractivity contribution in [1.29, 1.82) is 0 Å². The number of fused-ring (bicyclic) bond motifs is 3. The van der Waals surface area contributed by atoms with Crippen molar-refractivity contribution < 1.29 is 9.84 Å². The molecule has 0 amide bonds. The summed E-state index contributed by atoms with van der Waals surface area (Å²) in [5, 5.41) is 18.7. The van der Waals surface area contributed by atoms with Crippen LogP contribution in [0.1, 0.15) is 30.8 Å². The minimum Gasteiger partial charge on any atom is -0.488 e. The maximum Gasteiger partial charge on any atom is 0.221 e. The molecule has 3 N–H and O–H groups in total. The molecule has 0 fully saturated rings. The standard InChI is InChI=1S/C22H21N7O2/c1-22(2,30)18-9-5-6-13(24-18)10-29-11-16(27-28-29)20-15-12-31-17-8-4-3-7-14(17)19(15)25-21(23)26-20/h3-9,11,30H,10,12H2,1-2H3,(H2,23,25,26). The highest BCUT2D eigenvalue weighted by Gasteiger charge is 2.25. The molecule has 0 radical (unpaired) electrons. The molecule has 3 aromatic heterocycles. The van der Waals surface area contributed by atoms with Gasteiger partial charge in [-0.05, 0) is 38.1 Å². The van der Waals surface area contributed by atoms with E-state index in [1.807, 2.05) is 36.4 Å². The Labute approximate surface area is 178 Å². The lowest BCUT2D eigenvalue weighted by atomic mass is 10.0. The lowest BCUT2D eigenvalue weighted by molar-refractivity contribution is 0.0736. The number of hydrogen-bond acceptors (Lipinski definition) is 8. The van der Waals surface area contributed by atoms with Gasteiger partial charge in [-0.1, -0.05) is 23.4 Å². The van der Waals surface area contributed by atoms with Crippen LogP contribution in [0.25, 0.3) is 22.6 Å². The molecule has 0 atom stereocenters. The van der Waals surface area contributed by atoms with Crippen LogP contribution >= 0.6 is 0 Å². The van der Waals surface area contributed by atoms with Gasteiger partial charge in [0.15, 0.2) is 0 Å². The third-order valence-corrected chi connectivity index (χ3v) is 5.08. The summed E-state index contributed by atoms with van der Waals surface area (Å²) in [5.74, 6) is 0.931. The lowest BCUT2D eigenvalue weighted by Gasteiger charge is -2.21. The molecule has 1 aliphatic heterocycles. The van der Waals surface area contributed by atoms with Crippen molar-refractivity contribution in [2.45, 2.75) is 32.6 Å². The van der Waals surface area contributed by atoms with Crippen LogP contribution in [-0.2, 0) is 18.8 Å². The van der Waals surface area contributed by atoms with Gasteiger partial charge < -0.3 is 15.6 Å². The quantitative estimate of drug-likeness (QED) is 0.521.